The molecule has 126 valence electrons. The Morgan fingerprint density at radius 3 is 1.23 bits per heavy atom. The lowest BCUT2D eigenvalue weighted by Crippen LogP contribution is -2.24. The monoisotopic (exact) mass is 336 g/mol. The third-order valence-electron chi connectivity index (χ3n) is 4.46. The van der Waals surface area contributed by atoms with Gasteiger partial charge in [-0.3, -0.25) is 5.01 Å². The van der Waals surface area contributed by atoms with E-state index in [0.717, 1.165) is 22.5 Å². The van der Waals surface area contributed by atoms with Crippen molar-refractivity contribution in [1.29, 1.82) is 0 Å². The molecule has 0 aromatic heterocycles. The molecular formula is C24H20N2. The largest absolute Gasteiger partial charge is 0.280 e. The van der Waals surface area contributed by atoms with Gasteiger partial charge in [0.2, 0.25) is 0 Å². The minimum absolute atomic E-state index is 0.955. The Morgan fingerprint density at radius 2 is 0.808 bits per heavy atom. The second kappa shape index (κ2) is 7.26. The molecule has 0 fully saturated rings. The molecule has 4 aromatic rings. The summed E-state index contributed by atoms with van der Waals surface area (Å²) in [6.45, 7) is 0. The number of hydrazine groups is 1. The molecule has 0 saturated heterocycles. The van der Waals surface area contributed by atoms with E-state index in [1.165, 1.54) is 11.1 Å². The quantitative estimate of drug-likeness (QED) is 0.364. The average Bonchev–Trinajstić information content (AvgIpc) is 2.75. The second-order valence-corrected chi connectivity index (χ2v) is 6.20. The van der Waals surface area contributed by atoms with Gasteiger partial charge in [-0.05, 0) is 46.5 Å². The molecule has 0 aliphatic carbocycles. The van der Waals surface area contributed by atoms with Crippen molar-refractivity contribution >= 4 is 11.4 Å². The molecule has 0 spiro atoms. The Bertz CT molecular complexity index is 912. The van der Waals surface area contributed by atoms with E-state index in [2.05, 4.69) is 48.5 Å². The molecule has 0 atom stereocenters. The number of hydrogen-bond acceptors (Lipinski definition) is 2. The van der Waals surface area contributed by atoms with E-state index in [9.17, 15) is 0 Å². The summed E-state index contributed by atoms with van der Waals surface area (Å²) in [5.74, 6) is 6.44. The molecular weight excluding hydrogens is 316 g/mol. The van der Waals surface area contributed by atoms with Crippen molar-refractivity contribution in [2.24, 2.45) is 5.84 Å². The molecule has 26 heavy (non-hydrogen) atoms. The zero-order valence-corrected chi connectivity index (χ0v) is 14.4. The SMILES string of the molecule is NN(c1cccc(-c2ccccc2)c1)c1cccc(-c2ccccc2)c1. The van der Waals surface area contributed by atoms with Crippen LogP contribution in [0, 0.1) is 0 Å². The van der Waals surface area contributed by atoms with Crippen molar-refractivity contribution in [1.82, 2.24) is 0 Å². The first kappa shape index (κ1) is 16.1. The summed E-state index contributed by atoms with van der Waals surface area (Å²) >= 11 is 0. The zero-order valence-electron chi connectivity index (χ0n) is 14.4. The van der Waals surface area contributed by atoms with Gasteiger partial charge in [-0.15, -0.1) is 0 Å². The molecule has 0 bridgehead atoms. The van der Waals surface area contributed by atoms with E-state index in [1.807, 2.05) is 60.7 Å². The fraction of sp³-hybridized carbons (Fsp3) is 0. The summed E-state index contributed by atoms with van der Waals surface area (Å²) in [5.41, 5.74) is 6.57. The Labute approximate surface area is 154 Å². The molecule has 0 radical (unpaired) electrons. The van der Waals surface area contributed by atoms with Gasteiger partial charge in [0.05, 0.1) is 11.4 Å². The Hall–Kier alpha value is -3.36. The average molecular weight is 336 g/mol. The number of benzene rings is 4. The molecule has 0 aliphatic rings. The summed E-state index contributed by atoms with van der Waals surface area (Å²) in [6.07, 6.45) is 0. The number of anilines is 2. The topological polar surface area (TPSA) is 29.3 Å². The van der Waals surface area contributed by atoms with Gasteiger partial charge in [-0.25, -0.2) is 5.84 Å². The molecule has 0 aliphatic heterocycles. The van der Waals surface area contributed by atoms with Gasteiger partial charge in [0.25, 0.3) is 0 Å². The van der Waals surface area contributed by atoms with E-state index < -0.39 is 0 Å². The predicted molar refractivity (Wildman–Crippen MR) is 110 cm³/mol. The highest BCUT2D eigenvalue weighted by Crippen LogP contribution is 2.30. The van der Waals surface area contributed by atoms with Gasteiger partial charge < -0.3 is 0 Å². The highest BCUT2D eigenvalue weighted by atomic mass is 15.4. The Kier molecular flexibility index (Phi) is 4.50. The van der Waals surface area contributed by atoms with Crippen molar-refractivity contribution in [3.63, 3.8) is 0 Å². The Balaban J connectivity index is 1.67. The van der Waals surface area contributed by atoms with Gasteiger partial charge >= 0.3 is 0 Å². The lowest BCUT2D eigenvalue weighted by Gasteiger charge is -2.20. The van der Waals surface area contributed by atoms with Gasteiger partial charge in [0.1, 0.15) is 0 Å². The smallest absolute Gasteiger partial charge is 0.0581 e. The maximum atomic E-state index is 6.44. The predicted octanol–water partition coefficient (Wildman–Crippen LogP) is 6.03. The standard InChI is InChI=1S/C24H20N2/c25-26(23-15-7-13-21(17-23)19-9-3-1-4-10-19)24-16-8-14-22(18-24)20-11-5-2-6-12-20/h1-18H,25H2. The summed E-state index contributed by atoms with van der Waals surface area (Å²) in [5, 5.41) is 1.74. The Morgan fingerprint density at radius 1 is 0.423 bits per heavy atom. The second-order valence-electron chi connectivity index (χ2n) is 6.20. The molecule has 2 N–H and O–H groups in total. The van der Waals surface area contributed by atoms with Crippen LogP contribution in [0.5, 0.6) is 0 Å². The number of nitrogens with two attached hydrogens (primary N) is 1. The highest BCUT2D eigenvalue weighted by molar-refractivity contribution is 5.74. The highest BCUT2D eigenvalue weighted by Gasteiger charge is 2.08. The summed E-state index contributed by atoms with van der Waals surface area (Å²) in [7, 11) is 0. The molecule has 2 heteroatoms. The summed E-state index contributed by atoms with van der Waals surface area (Å²) < 4.78 is 0. The van der Waals surface area contributed by atoms with Crippen molar-refractivity contribution in [3.05, 3.63) is 109 Å². The first-order chi connectivity index (χ1) is 12.8. The minimum Gasteiger partial charge on any atom is -0.280 e. The molecule has 0 amide bonds. The van der Waals surface area contributed by atoms with Crippen LogP contribution in [0.4, 0.5) is 11.4 Å². The summed E-state index contributed by atoms with van der Waals surface area (Å²) in [4.78, 5) is 0. The number of nitrogens with zero attached hydrogens (tertiary/aromatic N) is 1. The maximum absolute atomic E-state index is 6.44. The van der Waals surface area contributed by atoms with Crippen LogP contribution < -0.4 is 10.9 Å². The van der Waals surface area contributed by atoms with Crippen molar-refractivity contribution in [3.8, 4) is 22.3 Å². The molecule has 0 saturated carbocycles. The third-order valence-corrected chi connectivity index (χ3v) is 4.46. The molecule has 4 aromatic carbocycles. The zero-order chi connectivity index (χ0) is 17.8. The van der Waals surface area contributed by atoms with Crippen molar-refractivity contribution < 1.29 is 0 Å². The van der Waals surface area contributed by atoms with Gasteiger partial charge in [0, 0.05) is 0 Å². The van der Waals surface area contributed by atoms with Crippen molar-refractivity contribution in [2.45, 2.75) is 0 Å². The lowest BCUT2D eigenvalue weighted by molar-refractivity contribution is 1.09. The maximum Gasteiger partial charge on any atom is 0.0581 e. The van der Waals surface area contributed by atoms with Crippen molar-refractivity contribution in [2.75, 3.05) is 5.01 Å². The van der Waals surface area contributed by atoms with Crippen LogP contribution in [0.25, 0.3) is 22.3 Å². The van der Waals surface area contributed by atoms with E-state index in [4.69, 9.17) is 5.84 Å². The first-order valence-electron chi connectivity index (χ1n) is 8.67. The van der Waals surface area contributed by atoms with Gasteiger partial charge in [0.15, 0.2) is 0 Å². The number of hydrogen-bond donors (Lipinski definition) is 1. The van der Waals surface area contributed by atoms with E-state index in [0.29, 0.717) is 0 Å². The fourth-order valence-electron chi connectivity index (χ4n) is 3.08. The molecule has 2 nitrogen and oxygen atoms in total. The van der Waals surface area contributed by atoms with E-state index in [1.54, 1.807) is 5.01 Å². The van der Waals surface area contributed by atoms with Gasteiger partial charge in [-0.2, -0.15) is 0 Å². The number of rotatable bonds is 4. The first-order valence-corrected chi connectivity index (χ1v) is 8.67. The molecule has 0 heterocycles. The summed E-state index contributed by atoms with van der Waals surface area (Å²) in [6, 6.07) is 37.2. The van der Waals surface area contributed by atoms with Crippen LogP contribution >= 0.6 is 0 Å². The third kappa shape index (κ3) is 3.37. The van der Waals surface area contributed by atoms with Gasteiger partial charge in [-0.1, -0.05) is 84.9 Å². The fourth-order valence-corrected chi connectivity index (χ4v) is 3.08. The lowest BCUT2D eigenvalue weighted by atomic mass is 10.0. The van der Waals surface area contributed by atoms with E-state index >= 15 is 0 Å². The van der Waals surface area contributed by atoms with Crippen LogP contribution in [-0.2, 0) is 0 Å². The molecule has 0 unspecified atom stereocenters. The van der Waals surface area contributed by atoms with Crippen LogP contribution in [0.2, 0.25) is 0 Å². The molecule has 4 rings (SSSR count). The van der Waals surface area contributed by atoms with E-state index in [-0.39, 0.29) is 0 Å². The van der Waals surface area contributed by atoms with Crippen LogP contribution in [0.15, 0.2) is 109 Å². The minimum atomic E-state index is 0.955. The van der Waals surface area contributed by atoms with Crippen LogP contribution in [-0.4, -0.2) is 0 Å². The normalized spacial score (nSPS) is 10.5. The van der Waals surface area contributed by atoms with Crippen LogP contribution in [0.1, 0.15) is 0 Å². The van der Waals surface area contributed by atoms with Crippen LogP contribution in [0.3, 0.4) is 0 Å².